The fraction of sp³-hybridized carbons (Fsp3) is 0.234. The van der Waals surface area contributed by atoms with E-state index in [0.29, 0.717) is 74.6 Å². The van der Waals surface area contributed by atoms with Gasteiger partial charge in [-0.15, -0.1) is 0 Å². The monoisotopic (exact) mass is 907 g/mol. The molecule has 4 aliphatic rings. The van der Waals surface area contributed by atoms with Crippen molar-refractivity contribution in [2.75, 3.05) is 13.7 Å². The summed E-state index contributed by atoms with van der Waals surface area (Å²) in [5.74, 6) is -1.05. The largest absolute Gasteiger partial charge is 0.496 e. The third kappa shape index (κ3) is 7.28. The highest BCUT2D eigenvalue weighted by Crippen LogP contribution is 2.48. The highest BCUT2D eigenvalue weighted by atomic mass is 79.9. The highest BCUT2D eigenvalue weighted by molar-refractivity contribution is 9.10. The van der Waals surface area contributed by atoms with Gasteiger partial charge in [0, 0.05) is 27.7 Å². The van der Waals surface area contributed by atoms with Gasteiger partial charge in [0.05, 0.1) is 63.9 Å². The van der Waals surface area contributed by atoms with Gasteiger partial charge >= 0.3 is 6.18 Å². The zero-order valence-corrected chi connectivity index (χ0v) is 35.5. The van der Waals surface area contributed by atoms with E-state index in [4.69, 9.17) is 15.2 Å². The molecule has 0 radical (unpaired) electrons. The van der Waals surface area contributed by atoms with Crippen molar-refractivity contribution < 1.29 is 41.8 Å². The van der Waals surface area contributed by atoms with Gasteiger partial charge in [-0.1, -0.05) is 85.1 Å². The molecule has 4 aromatic carbocycles. The number of unbranched alkanes of at least 4 members (excludes halogenated alkanes) is 1. The first-order valence-corrected chi connectivity index (χ1v) is 20.9. The van der Waals surface area contributed by atoms with E-state index < -0.39 is 41.5 Å². The first-order valence-electron chi connectivity index (χ1n) is 20.1. The lowest BCUT2D eigenvalue weighted by molar-refractivity contribution is -0.137. The van der Waals surface area contributed by atoms with E-state index in [0.717, 1.165) is 18.6 Å². The van der Waals surface area contributed by atoms with E-state index in [1.807, 2.05) is 19.9 Å². The Labute approximate surface area is 363 Å². The maximum Gasteiger partial charge on any atom is 0.416 e. The summed E-state index contributed by atoms with van der Waals surface area (Å²) >= 11 is 3.63. The smallest absolute Gasteiger partial charge is 0.416 e. The van der Waals surface area contributed by atoms with Crippen LogP contribution in [0.5, 0.6) is 11.5 Å². The number of benzene rings is 4. The third-order valence-corrected chi connectivity index (χ3v) is 11.8. The fourth-order valence-corrected chi connectivity index (χ4v) is 8.70. The van der Waals surface area contributed by atoms with Crippen molar-refractivity contribution in [2.24, 2.45) is 5.73 Å². The second kappa shape index (κ2) is 16.8. The van der Waals surface area contributed by atoms with Crippen LogP contribution in [0.15, 0.2) is 118 Å². The molecule has 1 atom stereocenters. The molecule has 1 unspecified atom stereocenters. The minimum absolute atomic E-state index is 0.00166. The van der Waals surface area contributed by atoms with Crippen LogP contribution in [0.25, 0.3) is 22.8 Å². The number of fused-ring (bicyclic) bond motifs is 2. The van der Waals surface area contributed by atoms with Gasteiger partial charge in [-0.25, -0.2) is 0 Å². The van der Waals surface area contributed by atoms with Crippen LogP contribution in [-0.2, 0) is 32.0 Å². The number of carbonyl (C=O) groups is 4. The van der Waals surface area contributed by atoms with Gasteiger partial charge < -0.3 is 30.7 Å². The van der Waals surface area contributed by atoms with E-state index in [1.54, 1.807) is 60.7 Å². The van der Waals surface area contributed by atoms with E-state index in [2.05, 4.69) is 26.6 Å². The Balaban J connectivity index is 1.16. The van der Waals surface area contributed by atoms with Crippen LogP contribution in [0.3, 0.4) is 0 Å². The number of ether oxygens (including phenoxy) is 2. The molecular formula is C47H41BrF3N5O6. The molecule has 4 amide bonds. The first kappa shape index (κ1) is 42.2. The van der Waals surface area contributed by atoms with Gasteiger partial charge in [0.25, 0.3) is 23.6 Å². The second-order valence-electron chi connectivity index (χ2n) is 15.1. The number of hydrogen-bond acceptors (Lipinski definition) is 7. The molecule has 0 aromatic heterocycles. The summed E-state index contributed by atoms with van der Waals surface area (Å²) in [6.45, 7) is 4.23. The lowest BCUT2D eigenvalue weighted by atomic mass is 10.0. The molecule has 8 rings (SSSR count). The number of hydrogen-bond donors (Lipinski definition) is 3. The van der Waals surface area contributed by atoms with E-state index in [1.165, 1.54) is 29.0 Å². The number of amides is 4. The Morgan fingerprint density at radius 1 is 0.726 bits per heavy atom. The molecule has 0 saturated heterocycles. The number of nitrogens with zero attached hydrogens (tertiary/aromatic N) is 2. The fourth-order valence-electron chi connectivity index (χ4n) is 8.25. The summed E-state index contributed by atoms with van der Waals surface area (Å²) < 4.78 is 52.9. The van der Waals surface area contributed by atoms with Crippen molar-refractivity contribution in [3.63, 3.8) is 0 Å². The van der Waals surface area contributed by atoms with Crippen molar-refractivity contribution in [3.05, 3.63) is 151 Å². The Kier molecular flexibility index (Phi) is 11.4. The number of methoxy groups -OCH3 is 1. The van der Waals surface area contributed by atoms with Gasteiger partial charge in [0.1, 0.15) is 18.1 Å². The molecule has 4 heterocycles. The van der Waals surface area contributed by atoms with E-state index in [-0.39, 0.29) is 46.7 Å². The molecule has 11 nitrogen and oxygen atoms in total. The molecule has 318 valence electrons. The van der Waals surface area contributed by atoms with Gasteiger partial charge in [-0.3, -0.25) is 24.1 Å². The molecule has 4 aromatic rings. The average molecular weight is 909 g/mol. The standard InChI is InChI=1S/C47H41BrF3N5O6/c1-4-6-22-55-41(37-35(45(55)59)39(53-43(37)57)26-17-19-27(20-18-26)47(49,50)51)29-13-8-10-15-33(29)62-24-25-16-21-31(48)30(23-25)40-36-38(44(58)54-40)42(28-12-7-9-14-32(28)61-3)56(46(36)60)34(52)11-5-2/h7-10,12-21,23,34H,4-6,11,22,24,52H2,1-3H3,(H,53,57)(H,54,58). The number of nitrogens with two attached hydrogens (primary N) is 1. The summed E-state index contributed by atoms with van der Waals surface area (Å²) in [4.78, 5) is 59.3. The van der Waals surface area contributed by atoms with Crippen molar-refractivity contribution in [3.8, 4) is 11.5 Å². The van der Waals surface area contributed by atoms with Gasteiger partial charge in [-0.2, -0.15) is 13.2 Å². The number of halogens is 4. The van der Waals surface area contributed by atoms with Crippen LogP contribution in [0, 0.1) is 0 Å². The minimum Gasteiger partial charge on any atom is -0.496 e. The molecule has 15 heteroatoms. The molecular weight excluding hydrogens is 867 g/mol. The lowest BCUT2D eigenvalue weighted by Crippen LogP contribution is -2.43. The van der Waals surface area contributed by atoms with Crippen LogP contribution in [-0.4, -0.2) is 53.2 Å². The SMILES string of the molecule is CCCCN1C(=O)C2=C(c3ccc(C(F)(F)F)cc3)NC(=O)C2=C1c1ccccc1OCc1ccc(Br)c(C2=C3C(=O)N(C(N)CCC)C(c4ccccc4OC)=C3C(=O)N2)c1. The summed E-state index contributed by atoms with van der Waals surface area (Å²) in [6.07, 6.45) is -2.70. The quantitative estimate of drug-likeness (QED) is 0.116. The van der Waals surface area contributed by atoms with Crippen LogP contribution < -0.4 is 25.8 Å². The van der Waals surface area contributed by atoms with Crippen molar-refractivity contribution in [1.82, 2.24) is 20.4 Å². The maximum absolute atomic E-state index is 14.4. The van der Waals surface area contributed by atoms with Crippen LogP contribution in [0.4, 0.5) is 13.2 Å². The number of para-hydroxylation sites is 2. The van der Waals surface area contributed by atoms with Crippen molar-refractivity contribution in [2.45, 2.75) is 58.5 Å². The highest BCUT2D eigenvalue weighted by Gasteiger charge is 2.48. The Hall–Kier alpha value is -6.45. The van der Waals surface area contributed by atoms with Crippen molar-refractivity contribution in [1.29, 1.82) is 0 Å². The normalized spacial score (nSPS) is 16.8. The lowest BCUT2D eigenvalue weighted by Gasteiger charge is -2.28. The van der Waals surface area contributed by atoms with Gasteiger partial charge in [0.2, 0.25) is 0 Å². The maximum atomic E-state index is 14.4. The van der Waals surface area contributed by atoms with Crippen molar-refractivity contribution >= 4 is 62.3 Å². The Bertz CT molecular complexity index is 2690. The molecule has 0 bridgehead atoms. The molecule has 4 aliphatic heterocycles. The number of nitrogens with one attached hydrogen (secondary N) is 2. The molecule has 0 fully saturated rings. The number of alkyl halides is 3. The zero-order chi connectivity index (χ0) is 44.0. The predicted octanol–water partition coefficient (Wildman–Crippen LogP) is 8.13. The molecule has 0 spiro atoms. The molecule has 0 aliphatic carbocycles. The first-order chi connectivity index (χ1) is 29.8. The van der Waals surface area contributed by atoms with Crippen LogP contribution in [0.2, 0.25) is 0 Å². The van der Waals surface area contributed by atoms with Crippen LogP contribution in [0.1, 0.15) is 72.9 Å². The Morgan fingerprint density at radius 2 is 1.34 bits per heavy atom. The molecule has 4 N–H and O–H groups in total. The van der Waals surface area contributed by atoms with Gasteiger partial charge in [0.15, 0.2) is 0 Å². The predicted molar refractivity (Wildman–Crippen MR) is 230 cm³/mol. The summed E-state index contributed by atoms with van der Waals surface area (Å²) in [7, 11) is 1.52. The number of carbonyl (C=O) groups excluding carboxylic acids is 4. The number of rotatable bonds is 14. The van der Waals surface area contributed by atoms with Gasteiger partial charge in [-0.05, 0) is 72.5 Å². The minimum atomic E-state index is -4.55. The Morgan fingerprint density at radius 3 is 1.98 bits per heavy atom. The van der Waals surface area contributed by atoms with E-state index in [9.17, 15) is 32.3 Å². The zero-order valence-electron chi connectivity index (χ0n) is 33.9. The summed E-state index contributed by atoms with van der Waals surface area (Å²) in [5, 5.41) is 5.68. The summed E-state index contributed by atoms with van der Waals surface area (Å²) in [6, 6.07) is 23.9. The third-order valence-electron chi connectivity index (χ3n) is 11.2. The van der Waals surface area contributed by atoms with E-state index >= 15 is 0 Å². The van der Waals surface area contributed by atoms with Crippen LogP contribution >= 0.6 is 15.9 Å². The average Bonchev–Trinajstić information content (AvgIpc) is 3.97. The second-order valence-corrected chi connectivity index (χ2v) is 15.9. The summed E-state index contributed by atoms with van der Waals surface area (Å²) in [5.41, 5.74) is 9.99. The topological polar surface area (TPSA) is 143 Å². The molecule has 0 saturated carbocycles. The molecule has 62 heavy (non-hydrogen) atoms.